The zero-order valence-corrected chi connectivity index (χ0v) is 15.9. The average molecular weight is 358 g/mol. The molecule has 0 radical (unpaired) electrons. The number of nitrogens with one attached hydrogen (secondary N) is 1. The Hall–Kier alpha value is -1.85. The number of carbonyl (C=O) groups excluding carboxylic acids is 1. The molecule has 3 rings (SSSR count). The number of piperidine rings is 1. The first-order valence-electron chi connectivity index (χ1n) is 9.54. The molecule has 2 aliphatic rings. The van der Waals surface area contributed by atoms with Crippen molar-refractivity contribution in [3.63, 3.8) is 0 Å². The van der Waals surface area contributed by atoms with Gasteiger partial charge in [-0.05, 0) is 43.4 Å². The first-order valence-corrected chi connectivity index (χ1v) is 9.54. The Morgan fingerprint density at radius 1 is 1.31 bits per heavy atom. The van der Waals surface area contributed by atoms with Crippen molar-refractivity contribution in [2.24, 2.45) is 0 Å². The molecule has 26 heavy (non-hydrogen) atoms. The Kier molecular flexibility index (Phi) is 6.33. The number of hydrogen-bond donors (Lipinski definition) is 1. The maximum atomic E-state index is 11.1. The molecule has 5 nitrogen and oxygen atoms in total. The Labute approximate surface area is 156 Å². The van der Waals surface area contributed by atoms with Crippen LogP contribution in [0, 0.1) is 0 Å². The van der Waals surface area contributed by atoms with Crippen molar-refractivity contribution in [2.45, 2.75) is 44.3 Å². The minimum Gasteiger partial charge on any atom is -0.497 e. The van der Waals surface area contributed by atoms with Crippen LogP contribution in [-0.2, 0) is 9.53 Å². The largest absolute Gasteiger partial charge is 0.497 e. The predicted octanol–water partition coefficient (Wildman–Crippen LogP) is 2.86. The van der Waals surface area contributed by atoms with Crippen molar-refractivity contribution in [3.05, 3.63) is 35.9 Å². The highest BCUT2D eigenvalue weighted by molar-refractivity contribution is 5.72. The number of rotatable bonds is 6. The Balaban J connectivity index is 1.41. The van der Waals surface area contributed by atoms with E-state index < -0.39 is 0 Å². The summed E-state index contributed by atoms with van der Waals surface area (Å²) in [4.78, 5) is 13.5. The second-order valence-corrected chi connectivity index (χ2v) is 7.37. The molecule has 1 amide bonds. The number of likely N-dealkylation sites (tertiary alicyclic amines) is 1. The van der Waals surface area contributed by atoms with Crippen molar-refractivity contribution >= 4 is 12.0 Å². The van der Waals surface area contributed by atoms with E-state index in [2.05, 4.69) is 34.5 Å². The zero-order valence-electron chi connectivity index (χ0n) is 15.9. The molecule has 5 heteroatoms. The van der Waals surface area contributed by atoms with Gasteiger partial charge in [-0.25, -0.2) is 0 Å². The summed E-state index contributed by atoms with van der Waals surface area (Å²) < 4.78 is 11.5. The normalized spacial score (nSPS) is 22.8. The minimum absolute atomic E-state index is 0.0213. The fraction of sp³-hybridized carbons (Fsp3) is 0.571. The third kappa shape index (κ3) is 5.08. The van der Waals surface area contributed by atoms with Crippen LogP contribution in [0.3, 0.4) is 0 Å². The number of methoxy groups -OCH3 is 1. The fourth-order valence-corrected chi connectivity index (χ4v) is 3.86. The first kappa shape index (κ1) is 18.9. The molecule has 2 saturated heterocycles. The van der Waals surface area contributed by atoms with Crippen LogP contribution >= 0.6 is 0 Å². The van der Waals surface area contributed by atoms with E-state index >= 15 is 0 Å². The van der Waals surface area contributed by atoms with Crippen LogP contribution in [0.2, 0.25) is 0 Å². The van der Waals surface area contributed by atoms with E-state index in [1.165, 1.54) is 5.56 Å². The SMILES string of the molecule is COc1ccc(C=CCN2CCC3(CCC(CNC(C)=O)O3)CC2)cc1. The maximum absolute atomic E-state index is 11.1. The lowest BCUT2D eigenvalue weighted by Gasteiger charge is -2.38. The summed E-state index contributed by atoms with van der Waals surface area (Å²) in [6.45, 7) is 5.31. The molecule has 1 unspecified atom stereocenters. The van der Waals surface area contributed by atoms with E-state index in [0.717, 1.165) is 51.1 Å². The van der Waals surface area contributed by atoms with Crippen LogP contribution in [0.4, 0.5) is 0 Å². The van der Waals surface area contributed by atoms with Gasteiger partial charge in [0.2, 0.25) is 5.91 Å². The smallest absolute Gasteiger partial charge is 0.216 e. The molecule has 0 aliphatic carbocycles. The van der Waals surface area contributed by atoms with E-state index in [1.807, 2.05) is 12.1 Å². The summed E-state index contributed by atoms with van der Waals surface area (Å²) in [7, 11) is 1.68. The number of carbonyl (C=O) groups is 1. The molecule has 2 heterocycles. The summed E-state index contributed by atoms with van der Waals surface area (Å²) in [6, 6.07) is 8.11. The molecule has 1 atom stereocenters. The molecule has 2 fully saturated rings. The fourth-order valence-electron chi connectivity index (χ4n) is 3.86. The second kappa shape index (κ2) is 8.69. The van der Waals surface area contributed by atoms with Crippen LogP contribution in [0.25, 0.3) is 6.08 Å². The average Bonchev–Trinajstić information content (AvgIpc) is 3.05. The number of ether oxygens (including phenoxy) is 2. The predicted molar refractivity (Wildman–Crippen MR) is 103 cm³/mol. The van der Waals surface area contributed by atoms with Gasteiger partial charge in [-0.15, -0.1) is 0 Å². The van der Waals surface area contributed by atoms with Gasteiger partial charge < -0.3 is 14.8 Å². The van der Waals surface area contributed by atoms with Gasteiger partial charge in [0.25, 0.3) is 0 Å². The molecule has 1 aromatic carbocycles. The second-order valence-electron chi connectivity index (χ2n) is 7.37. The van der Waals surface area contributed by atoms with Gasteiger partial charge in [0.15, 0.2) is 0 Å². The van der Waals surface area contributed by atoms with Crippen LogP contribution in [-0.4, -0.2) is 55.8 Å². The van der Waals surface area contributed by atoms with E-state index in [0.29, 0.717) is 6.54 Å². The van der Waals surface area contributed by atoms with Gasteiger partial charge in [0.1, 0.15) is 5.75 Å². The van der Waals surface area contributed by atoms with E-state index in [9.17, 15) is 4.79 Å². The van der Waals surface area contributed by atoms with Gasteiger partial charge in [-0.2, -0.15) is 0 Å². The lowest BCUT2D eigenvalue weighted by Crippen LogP contribution is -2.45. The number of benzene rings is 1. The van der Waals surface area contributed by atoms with Gasteiger partial charge in [-0.3, -0.25) is 9.69 Å². The molecule has 142 valence electrons. The lowest BCUT2D eigenvalue weighted by molar-refractivity contribution is -0.120. The van der Waals surface area contributed by atoms with E-state index in [4.69, 9.17) is 9.47 Å². The quantitative estimate of drug-likeness (QED) is 0.850. The highest BCUT2D eigenvalue weighted by Crippen LogP contribution is 2.38. The van der Waals surface area contributed by atoms with Gasteiger partial charge in [0.05, 0.1) is 18.8 Å². The van der Waals surface area contributed by atoms with E-state index in [1.54, 1.807) is 14.0 Å². The first-order chi connectivity index (χ1) is 12.6. The highest BCUT2D eigenvalue weighted by Gasteiger charge is 2.42. The van der Waals surface area contributed by atoms with Crippen molar-refractivity contribution in [1.82, 2.24) is 10.2 Å². The van der Waals surface area contributed by atoms with Gasteiger partial charge in [0, 0.05) is 33.1 Å². The van der Waals surface area contributed by atoms with Gasteiger partial charge in [-0.1, -0.05) is 24.3 Å². The molecule has 0 bridgehead atoms. The van der Waals surface area contributed by atoms with Crippen LogP contribution in [0.1, 0.15) is 38.2 Å². The summed E-state index contributed by atoms with van der Waals surface area (Å²) in [6.07, 6.45) is 8.92. The summed E-state index contributed by atoms with van der Waals surface area (Å²) in [5.74, 6) is 0.907. The summed E-state index contributed by atoms with van der Waals surface area (Å²) >= 11 is 0. The van der Waals surface area contributed by atoms with Gasteiger partial charge >= 0.3 is 0 Å². The molecule has 0 saturated carbocycles. The van der Waals surface area contributed by atoms with Crippen LogP contribution < -0.4 is 10.1 Å². The highest BCUT2D eigenvalue weighted by atomic mass is 16.5. The van der Waals surface area contributed by atoms with Crippen molar-refractivity contribution in [2.75, 3.05) is 33.3 Å². The summed E-state index contributed by atoms with van der Waals surface area (Å²) in [5.41, 5.74) is 1.23. The van der Waals surface area contributed by atoms with Crippen LogP contribution in [0.5, 0.6) is 5.75 Å². The topological polar surface area (TPSA) is 50.8 Å². The zero-order chi connectivity index (χ0) is 18.4. The Morgan fingerprint density at radius 3 is 2.69 bits per heavy atom. The Morgan fingerprint density at radius 2 is 2.04 bits per heavy atom. The number of nitrogens with zero attached hydrogens (tertiary/aromatic N) is 1. The third-order valence-corrected chi connectivity index (χ3v) is 5.47. The van der Waals surface area contributed by atoms with Crippen molar-refractivity contribution in [1.29, 1.82) is 0 Å². The molecule has 1 spiro atoms. The number of hydrogen-bond acceptors (Lipinski definition) is 4. The molecule has 1 N–H and O–H groups in total. The lowest BCUT2D eigenvalue weighted by atomic mass is 9.88. The minimum atomic E-state index is 0.0213. The van der Waals surface area contributed by atoms with E-state index in [-0.39, 0.29) is 17.6 Å². The Bertz CT molecular complexity index is 619. The standard InChI is InChI=1S/C21H30N2O3/c1-17(24)22-16-20-9-10-21(26-20)11-14-23(15-12-21)13-3-4-18-5-7-19(25-2)8-6-18/h3-8,20H,9-16H2,1-2H3,(H,22,24). The van der Waals surface area contributed by atoms with Crippen molar-refractivity contribution < 1.29 is 14.3 Å². The number of amides is 1. The molecular formula is C21H30N2O3. The molecule has 2 aliphatic heterocycles. The monoisotopic (exact) mass is 358 g/mol. The molecule has 0 aromatic heterocycles. The summed E-state index contributed by atoms with van der Waals surface area (Å²) in [5, 5.41) is 2.88. The third-order valence-electron chi connectivity index (χ3n) is 5.47. The van der Waals surface area contributed by atoms with Crippen molar-refractivity contribution in [3.8, 4) is 5.75 Å². The van der Waals surface area contributed by atoms with Crippen LogP contribution in [0.15, 0.2) is 30.3 Å². The maximum Gasteiger partial charge on any atom is 0.216 e. The molecular weight excluding hydrogens is 328 g/mol. The molecule has 1 aromatic rings.